The SMILES string of the molecule is CCc1nc2cc(NCc3ccc(O)cn3)ccc2o1. The summed E-state index contributed by atoms with van der Waals surface area (Å²) in [4.78, 5) is 8.53. The maximum Gasteiger partial charge on any atom is 0.195 e. The highest BCUT2D eigenvalue weighted by atomic mass is 16.3. The van der Waals surface area contributed by atoms with E-state index in [1.54, 1.807) is 12.1 Å². The first-order valence-electron chi connectivity index (χ1n) is 6.52. The molecule has 20 heavy (non-hydrogen) atoms. The number of aryl methyl sites for hydroxylation is 1. The Morgan fingerprint density at radius 1 is 1.25 bits per heavy atom. The van der Waals surface area contributed by atoms with E-state index in [0.717, 1.165) is 34.8 Å². The lowest BCUT2D eigenvalue weighted by Gasteiger charge is -2.05. The van der Waals surface area contributed by atoms with E-state index < -0.39 is 0 Å². The Balaban J connectivity index is 1.75. The van der Waals surface area contributed by atoms with Gasteiger partial charge in [-0.05, 0) is 30.3 Å². The summed E-state index contributed by atoms with van der Waals surface area (Å²) in [5.41, 5.74) is 3.47. The first kappa shape index (κ1) is 12.5. The molecule has 0 aliphatic rings. The van der Waals surface area contributed by atoms with Gasteiger partial charge in [0, 0.05) is 12.1 Å². The lowest BCUT2D eigenvalue weighted by Crippen LogP contribution is -2.00. The van der Waals surface area contributed by atoms with E-state index in [9.17, 15) is 5.11 Å². The molecule has 3 aromatic rings. The van der Waals surface area contributed by atoms with Crippen molar-refractivity contribution in [3.8, 4) is 5.75 Å². The molecular weight excluding hydrogens is 254 g/mol. The second kappa shape index (κ2) is 5.21. The van der Waals surface area contributed by atoms with Gasteiger partial charge in [-0.1, -0.05) is 6.92 Å². The lowest BCUT2D eigenvalue weighted by atomic mass is 10.2. The summed E-state index contributed by atoms with van der Waals surface area (Å²) in [6.07, 6.45) is 2.22. The highest BCUT2D eigenvalue weighted by Crippen LogP contribution is 2.20. The van der Waals surface area contributed by atoms with Gasteiger partial charge in [-0.15, -0.1) is 0 Å². The zero-order valence-corrected chi connectivity index (χ0v) is 11.1. The van der Waals surface area contributed by atoms with Crippen LogP contribution in [0.2, 0.25) is 0 Å². The number of pyridine rings is 1. The molecule has 0 saturated heterocycles. The third-order valence-corrected chi connectivity index (χ3v) is 3.02. The zero-order valence-electron chi connectivity index (χ0n) is 11.1. The van der Waals surface area contributed by atoms with Crippen LogP contribution in [0.3, 0.4) is 0 Å². The van der Waals surface area contributed by atoms with E-state index >= 15 is 0 Å². The van der Waals surface area contributed by atoms with Crippen LogP contribution in [0.25, 0.3) is 11.1 Å². The van der Waals surface area contributed by atoms with Gasteiger partial charge >= 0.3 is 0 Å². The molecule has 0 saturated carbocycles. The minimum atomic E-state index is 0.171. The van der Waals surface area contributed by atoms with Crippen molar-refractivity contribution in [2.24, 2.45) is 0 Å². The molecule has 0 fully saturated rings. The molecule has 2 aromatic heterocycles. The number of nitrogens with one attached hydrogen (secondary N) is 1. The van der Waals surface area contributed by atoms with Crippen molar-refractivity contribution < 1.29 is 9.52 Å². The van der Waals surface area contributed by atoms with Crippen molar-refractivity contribution in [1.82, 2.24) is 9.97 Å². The Kier molecular flexibility index (Phi) is 3.25. The van der Waals surface area contributed by atoms with Crippen molar-refractivity contribution >= 4 is 16.8 Å². The summed E-state index contributed by atoms with van der Waals surface area (Å²) in [6.45, 7) is 2.60. The summed E-state index contributed by atoms with van der Waals surface area (Å²) in [5.74, 6) is 0.919. The van der Waals surface area contributed by atoms with Gasteiger partial charge in [-0.3, -0.25) is 4.98 Å². The van der Waals surface area contributed by atoms with E-state index in [4.69, 9.17) is 4.42 Å². The molecule has 5 nitrogen and oxygen atoms in total. The number of rotatable bonds is 4. The topological polar surface area (TPSA) is 71.2 Å². The molecule has 0 atom stereocenters. The molecule has 0 radical (unpaired) electrons. The van der Waals surface area contributed by atoms with Crippen LogP contribution in [-0.2, 0) is 13.0 Å². The van der Waals surface area contributed by atoms with Crippen molar-refractivity contribution in [3.63, 3.8) is 0 Å². The largest absolute Gasteiger partial charge is 0.506 e. The van der Waals surface area contributed by atoms with E-state index in [-0.39, 0.29) is 5.75 Å². The number of aromatic hydroxyl groups is 1. The average Bonchev–Trinajstić information content (AvgIpc) is 2.89. The molecule has 2 heterocycles. The number of hydrogen-bond donors (Lipinski definition) is 2. The van der Waals surface area contributed by atoms with Crippen LogP contribution in [-0.4, -0.2) is 15.1 Å². The smallest absolute Gasteiger partial charge is 0.195 e. The second-order valence-electron chi connectivity index (χ2n) is 4.50. The normalized spacial score (nSPS) is 10.8. The summed E-state index contributed by atoms with van der Waals surface area (Å²) in [5, 5.41) is 12.5. The Hall–Kier alpha value is -2.56. The van der Waals surface area contributed by atoms with Crippen LogP contribution in [0.5, 0.6) is 5.75 Å². The summed E-state index contributed by atoms with van der Waals surface area (Å²) < 4.78 is 5.57. The number of hydrogen-bond acceptors (Lipinski definition) is 5. The Morgan fingerprint density at radius 2 is 2.15 bits per heavy atom. The monoisotopic (exact) mass is 269 g/mol. The molecule has 0 aliphatic heterocycles. The molecule has 5 heteroatoms. The summed E-state index contributed by atoms with van der Waals surface area (Å²) in [7, 11) is 0. The van der Waals surface area contributed by atoms with Gasteiger partial charge in [-0.2, -0.15) is 0 Å². The van der Waals surface area contributed by atoms with Gasteiger partial charge < -0.3 is 14.8 Å². The molecule has 2 N–H and O–H groups in total. The van der Waals surface area contributed by atoms with Crippen LogP contribution in [0.15, 0.2) is 40.9 Å². The maximum absolute atomic E-state index is 9.18. The minimum Gasteiger partial charge on any atom is -0.506 e. The van der Waals surface area contributed by atoms with Gasteiger partial charge in [0.1, 0.15) is 11.3 Å². The van der Waals surface area contributed by atoms with Crippen LogP contribution in [0, 0.1) is 0 Å². The van der Waals surface area contributed by atoms with E-state index in [2.05, 4.69) is 15.3 Å². The van der Waals surface area contributed by atoms with Crippen LogP contribution < -0.4 is 5.32 Å². The van der Waals surface area contributed by atoms with E-state index in [1.165, 1.54) is 6.20 Å². The average molecular weight is 269 g/mol. The Morgan fingerprint density at radius 3 is 2.90 bits per heavy atom. The van der Waals surface area contributed by atoms with E-state index in [1.807, 2.05) is 25.1 Å². The highest BCUT2D eigenvalue weighted by molar-refractivity contribution is 5.77. The van der Waals surface area contributed by atoms with Crippen LogP contribution >= 0.6 is 0 Å². The molecule has 0 unspecified atom stereocenters. The number of aromatic nitrogens is 2. The predicted molar refractivity (Wildman–Crippen MR) is 76.6 cm³/mol. The molecule has 1 aromatic carbocycles. The van der Waals surface area contributed by atoms with Gasteiger partial charge in [0.15, 0.2) is 11.5 Å². The second-order valence-corrected chi connectivity index (χ2v) is 4.50. The number of oxazole rings is 1. The standard InChI is InChI=1S/C15H15N3O2/c1-2-15-18-13-7-10(4-6-14(13)20-15)16-8-11-3-5-12(19)9-17-11/h3-7,9,16,19H,2,8H2,1H3. The third kappa shape index (κ3) is 2.56. The number of benzene rings is 1. The highest BCUT2D eigenvalue weighted by Gasteiger charge is 2.05. The Labute approximate surface area is 116 Å². The molecule has 102 valence electrons. The summed E-state index contributed by atoms with van der Waals surface area (Å²) in [6, 6.07) is 9.23. The molecule has 0 aliphatic carbocycles. The predicted octanol–water partition coefficient (Wildman–Crippen LogP) is 3.10. The first-order chi connectivity index (χ1) is 9.74. The fourth-order valence-corrected chi connectivity index (χ4v) is 1.95. The van der Waals surface area contributed by atoms with Crippen LogP contribution in [0.4, 0.5) is 5.69 Å². The first-order valence-corrected chi connectivity index (χ1v) is 6.52. The molecule has 3 rings (SSSR count). The molecule has 0 bridgehead atoms. The third-order valence-electron chi connectivity index (χ3n) is 3.02. The number of anilines is 1. The fourth-order valence-electron chi connectivity index (χ4n) is 1.95. The van der Waals surface area contributed by atoms with Crippen molar-refractivity contribution in [1.29, 1.82) is 0 Å². The number of fused-ring (bicyclic) bond motifs is 1. The van der Waals surface area contributed by atoms with Gasteiger partial charge in [-0.25, -0.2) is 4.98 Å². The van der Waals surface area contributed by atoms with Crippen molar-refractivity contribution in [2.75, 3.05) is 5.32 Å². The fraction of sp³-hybridized carbons (Fsp3) is 0.200. The minimum absolute atomic E-state index is 0.171. The maximum atomic E-state index is 9.18. The van der Waals surface area contributed by atoms with E-state index in [0.29, 0.717) is 6.54 Å². The molecular formula is C15H15N3O2. The van der Waals surface area contributed by atoms with Crippen molar-refractivity contribution in [2.45, 2.75) is 19.9 Å². The van der Waals surface area contributed by atoms with Gasteiger partial charge in [0.2, 0.25) is 0 Å². The number of nitrogens with zero attached hydrogens (tertiary/aromatic N) is 2. The lowest BCUT2D eigenvalue weighted by molar-refractivity contribution is 0.472. The molecule has 0 spiro atoms. The van der Waals surface area contributed by atoms with Crippen LogP contribution in [0.1, 0.15) is 18.5 Å². The van der Waals surface area contributed by atoms with Gasteiger partial charge in [0.05, 0.1) is 18.4 Å². The van der Waals surface area contributed by atoms with Gasteiger partial charge in [0.25, 0.3) is 0 Å². The summed E-state index contributed by atoms with van der Waals surface area (Å²) >= 11 is 0. The zero-order chi connectivity index (χ0) is 13.9. The Bertz CT molecular complexity index is 720. The molecule has 0 amide bonds. The quantitative estimate of drug-likeness (QED) is 0.761. The van der Waals surface area contributed by atoms with Crippen molar-refractivity contribution in [3.05, 3.63) is 48.1 Å².